The molecule has 0 amide bonds. The van der Waals surface area contributed by atoms with E-state index >= 15 is 0 Å². The standard InChI is InChI=1S/C6H13BrO/c1-3-6(8)4-5(2)7/h5-6,8H,3-4H2,1-2H3. The van der Waals surface area contributed by atoms with Crippen LogP contribution in [0.1, 0.15) is 26.7 Å². The first kappa shape index (κ1) is 8.44. The third-order valence-corrected chi connectivity index (χ3v) is 1.44. The lowest BCUT2D eigenvalue weighted by atomic mass is 10.2. The Morgan fingerprint density at radius 1 is 1.62 bits per heavy atom. The average molecular weight is 181 g/mol. The van der Waals surface area contributed by atoms with Crippen LogP contribution in [0.5, 0.6) is 0 Å². The maximum Gasteiger partial charge on any atom is 0.0548 e. The molecule has 2 heteroatoms. The Kier molecular flexibility index (Phi) is 4.57. The second-order valence-corrected chi connectivity index (χ2v) is 3.64. The lowest BCUT2D eigenvalue weighted by molar-refractivity contribution is 0.161. The topological polar surface area (TPSA) is 20.2 Å². The molecule has 8 heavy (non-hydrogen) atoms. The molecule has 1 nitrogen and oxygen atoms in total. The molecule has 0 aliphatic carbocycles. The van der Waals surface area contributed by atoms with Gasteiger partial charge in [0.15, 0.2) is 0 Å². The van der Waals surface area contributed by atoms with Crippen molar-refractivity contribution in [3.63, 3.8) is 0 Å². The molecule has 0 radical (unpaired) electrons. The van der Waals surface area contributed by atoms with Crippen LogP contribution < -0.4 is 0 Å². The van der Waals surface area contributed by atoms with Crippen molar-refractivity contribution in [1.82, 2.24) is 0 Å². The van der Waals surface area contributed by atoms with E-state index in [0.717, 1.165) is 12.8 Å². The van der Waals surface area contributed by atoms with Crippen LogP contribution >= 0.6 is 15.9 Å². The van der Waals surface area contributed by atoms with E-state index in [0.29, 0.717) is 4.83 Å². The summed E-state index contributed by atoms with van der Waals surface area (Å²) in [5.74, 6) is 0. The van der Waals surface area contributed by atoms with Gasteiger partial charge in [-0.15, -0.1) is 0 Å². The minimum absolute atomic E-state index is 0.121. The fourth-order valence-electron chi connectivity index (χ4n) is 0.542. The van der Waals surface area contributed by atoms with Gasteiger partial charge in [0, 0.05) is 4.83 Å². The first-order chi connectivity index (χ1) is 3.66. The van der Waals surface area contributed by atoms with Crippen molar-refractivity contribution in [2.45, 2.75) is 37.6 Å². The Bertz CT molecular complexity index is 54.5. The van der Waals surface area contributed by atoms with Crippen molar-refractivity contribution in [3.05, 3.63) is 0 Å². The summed E-state index contributed by atoms with van der Waals surface area (Å²) in [6.07, 6.45) is 1.59. The van der Waals surface area contributed by atoms with Crippen LogP contribution in [-0.4, -0.2) is 16.0 Å². The summed E-state index contributed by atoms with van der Waals surface area (Å²) in [5.41, 5.74) is 0. The van der Waals surface area contributed by atoms with Gasteiger partial charge in [-0.2, -0.15) is 0 Å². The van der Waals surface area contributed by atoms with Crippen LogP contribution in [0.25, 0.3) is 0 Å². The van der Waals surface area contributed by atoms with Crippen LogP contribution in [-0.2, 0) is 0 Å². The fraction of sp³-hybridized carbons (Fsp3) is 1.00. The Labute approximate surface area is 59.2 Å². The highest BCUT2D eigenvalue weighted by Gasteiger charge is 2.03. The van der Waals surface area contributed by atoms with E-state index in [9.17, 15) is 0 Å². The van der Waals surface area contributed by atoms with E-state index in [1.807, 2.05) is 13.8 Å². The van der Waals surface area contributed by atoms with Gasteiger partial charge in [0.2, 0.25) is 0 Å². The van der Waals surface area contributed by atoms with Gasteiger partial charge in [0.1, 0.15) is 0 Å². The fourth-order valence-corrected chi connectivity index (χ4v) is 0.973. The SMILES string of the molecule is CCC(O)CC(C)Br. The largest absolute Gasteiger partial charge is 0.393 e. The summed E-state index contributed by atoms with van der Waals surface area (Å²) in [6, 6.07) is 0. The van der Waals surface area contributed by atoms with E-state index in [-0.39, 0.29) is 6.10 Å². The molecule has 0 aliphatic heterocycles. The summed E-state index contributed by atoms with van der Waals surface area (Å²) in [6.45, 7) is 4.03. The highest BCUT2D eigenvalue weighted by atomic mass is 79.9. The van der Waals surface area contributed by atoms with Crippen LogP contribution in [0.2, 0.25) is 0 Å². The maximum atomic E-state index is 9.00. The Balaban J connectivity index is 3.10. The minimum Gasteiger partial charge on any atom is -0.393 e. The van der Waals surface area contributed by atoms with Crippen molar-refractivity contribution in [2.75, 3.05) is 0 Å². The normalized spacial score (nSPS) is 18.0. The predicted octanol–water partition coefficient (Wildman–Crippen LogP) is 1.93. The van der Waals surface area contributed by atoms with Gasteiger partial charge < -0.3 is 5.11 Å². The molecule has 0 aromatic heterocycles. The summed E-state index contributed by atoms with van der Waals surface area (Å²) >= 11 is 3.36. The number of halogens is 1. The summed E-state index contributed by atoms with van der Waals surface area (Å²) < 4.78 is 0. The van der Waals surface area contributed by atoms with Gasteiger partial charge in [-0.1, -0.05) is 29.8 Å². The molecule has 50 valence electrons. The summed E-state index contributed by atoms with van der Waals surface area (Å²) in [5, 5.41) is 9.00. The summed E-state index contributed by atoms with van der Waals surface area (Å²) in [7, 11) is 0. The zero-order valence-corrected chi connectivity index (χ0v) is 6.98. The first-order valence-corrected chi connectivity index (χ1v) is 3.90. The molecule has 2 atom stereocenters. The molecule has 0 spiro atoms. The van der Waals surface area contributed by atoms with Crippen LogP contribution in [0.15, 0.2) is 0 Å². The third-order valence-electron chi connectivity index (χ3n) is 1.07. The molecule has 0 heterocycles. The quantitative estimate of drug-likeness (QED) is 0.659. The van der Waals surface area contributed by atoms with Crippen molar-refractivity contribution >= 4 is 15.9 Å². The molecule has 0 saturated heterocycles. The molecule has 0 fully saturated rings. The predicted molar refractivity (Wildman–Crippen MR) is 39.3 cm³/mol. The van der Waals surface area contributed by atoms with Gasteiger partial charge in [-0.25, -0.2) is 0 Å². The maximum absolute atomic E-state index is 9.00. The minimum atomic E-state index is -0.121. The zero-order chi connectivity index (χ0) is 6.57. The molecular formula is C6H13BrO. The number of rotatable bonds is 3. The first-order valence-electron chi connectivity index (χ1n) is 2.99. The van der Waals surface area contributed by atoms with Gasteiger partial charge >= 0.3 is 0 Å². The van der Waals surface area contributed by atoms with Crippen molar-refractivity contribution in [3.8, 4) is 0 Å². The van der Waals surface area contributed by atoms with E-state index in [1.165, 1.54) is 0 Å². The van der Waals surface area contributed by atoms with Gasteiger partial charge in [-0.3, -0.25) is 0 Å². The van der Waals surface area contributed by atoms with E-state index in [4.69, 9.17) is 5.11 Å². The molecule has 0 bridgehead atoms. The molecular weight excluding hydrogens is 168 g/mol. The molecule has 0 saturated carbocycles. The number of hydrogen-bond acceptors (Lipinski definition) is 1. The second kappa shape index (κ2) is 4.33. The van der Waals surface area contributed by atoms with Crippen molar-refractivity contribution in [1.29, 1.82) is 0 Å². The number of hydrogen-bond donors (Lipinski definition) is 1. The second-order valence-electron chi connectivity index (χ2n) is 2.08. The Morgan fingerprint density at radius 2 is 2.12 bits per heavy atom. The van der Waals surface area contributed by atoms with Crippen molar-refractivity contribution in [2.24, 2.45) is 0 Å². The molecule has 0 aliphatic rings. The van der Waals surface area contributed by atoms with E-state index < -0.39 is 0 Å². The molecule has 0 aromatic carbocycles. The highest BCUT2D eigenvalue weighted by Crippen LogP contribution is 2.08. The molecule has 0 aromatic rings. The average Bonchev–Trinajstić information content (AvgIpc) is 1.65. The smallest absolute Gasteiger partial charge is 0.0548 e. The van der Waals surface area contributed by atoms with Crippen LogP contribution in [0, 0.1) is 0 Å². The summed E-state index contributed by atoms with van der Waals surface area (Å²) in [4.78, 5) is 0.442. The van der Waals surface area contributed by atoms with Crippen molar-refractivity contribution < 1.29 is 5.11 Å². The lowest BCUT2D eigenvalue weighted by Crippen LogP contribution is -2.08. The van der Waals surface area contributed by atoms with Crippen LogP contribution in [0.4, 0.5) is 0 Å². The third kappa shape index (κ3) is 4.60. The zero-order valence-electron chi connectivity index (χ0n) is 5.39. The van der Waals surface area contributed by atoms with Crippen LogP contribution in [0.3, 0.4) is 0 Å². The highest BCUT2D eigenvalue weighted by molar-refractivity contribution is 9.09. The van der Waals surface area contributed by atoms with Gasteiger partial charge in [0.25, 0.3) is 0 Å². The molecule has 2 unspecified atom stereocenters. The van der Waals surface area contributed by atoms with Gasteiger partial charge in [-0.05, 0) is 12.8 Å². The van der Waals surface area contributed by atoms with Gasteiger partial charge in [0.05, 0.1) is 6.10 Å². The monoisotopic (exact) mass is 180 g/mol. The number of alkyl halides is 1. The lowest BCUT2D eigenvalue weighted by Gasteiger charge is -2.07. The number of aliphatic hydroxyl groups excluding tert-OH is 1. The Morgan fingerprint density at radius 3 is 2.25 bits per heavy atom. The molecule has 0 rings (SSSR count). The van der Waals surface area contributed by atoms with E-state index in [2.05, 4.69) is 15.9 Å². The number of aliphatic hydroxyl groups is 1. The Hall–Kier alpha value is 0.440. The van der Waals surface area contributed by atoms with E-state index in [1.54, 1.807) is 0 Å². The molecule has 1 N–H and O–H groups in total.